The number of aromatic amines is 1. The summed E-state index contributed by atoms with van der Waals surface area (Å²) in [7, 11) is 0. The number of nitrogens with zero attached hydrogens (tertiary/aromatic N) is 4. The molecule has 0 amide bonds. The molecule has 3 heterocycles. The lowest BCUT2D eigenvalue weighted by atomic mass is 10.0. The van der Waals surface area contributed by atoms with Gasteiger partial charge in [0, 0.05) is 25.1 Å². The fourth-order valence-electron chi connectivity index (χ4n) is 2.79. The maximum Gasteiger partial charge on any atom is 0.408 e. The third-order valence-corrected chi connectivity index (χ3v) is 3.67. The number of hydrogen-bond donors (Lipinski definition) is 2. The molecule has 0 bridgehead atoms. The van der Waals surface area contributed by atoms with Crippen molar-refractivity contribution in [3.05, 3.63) is 29.4 Å². The summed E-state index contributed by atoms with van der Waals surface area (Å²) >= 11 is 0. The van der Waals surface area contributed by atoms with Crippen molar-refractivity contribution in [2.75, 3.05) is 6.54 Å². The van der Waals surface area contributed by atoms with Crippen molar-refractivity contribution >= 4 is 0 Å². The summed E-state index contributed by atoms with van der Waals surface area (Å²) in [5, 5.41) is 7.27. The van der Waals surface area contributed by atoms with Crippen LogP contribution in [0.5, 0.6) is 0 Å². The first-order valence-electron chi connectivity index (χ1n) is 7.59. The number of imidazole rings is 1. The van der Waals surface area contributed by atoms with Crippen LogP contribution in [0.2, 0.25) is 0 Å². The first-order chi connectivity index (χ1) is 10.8. The second kappa shape index (κ2) is 5.95. The van der Waals surface area contributed by atoms with Gasteiger partial charge < -0.3 is 10.3 Å². The Morgan fingerprint density at radius 2 is 2.17 bits per heavy atom. The maximum absolute atomic E-state index is 12.9. The summed E-state index contributed by atoms with van der Waals surface area (Å²) in [6, 6.07) is -0.472. The molecule has 0 saturated heterocycles. The van der Waals surface area contributed by atoms with Crippen LogP contribution in [0.4, 0.5) is 13.2 Å². The molecule has 0 fully saturated rings. The van der Waals surface area contributed by atoms with E-state index in [1.54, 1.807) is 6.33 Å². The lowest BCUT2D eigenvalue weighted by Gasteiger charge is -2.22. The van der Waals surface area contributed by atoms with Gasteiger partial charge in [-0.1, -0.05) is 13.8 Å². The standard InChI is InChI=1S/C14H19F3N6/c1-8(2)5-10-21-13(23(22-10)6-14(15,16)17)12-11-9(3-4-18-12)19-7-20-11/h7-8,12,18H,3-6H2,1-2H3,(H,19,20). The Hall–Kier alpha value is -1.90. The van der Waals surface area contributed by atoms with E-state index >= 15 is 0 Å². The SMILES string of the molecule is CC(C)Cc1nc(C2NCCc3[nH]cnc32)n(CC(F)(F)F)n1. The second-order valence-corrected chi connectivity index (χ2v) is 6.16. The second-order valence-electron chi connectivity index (χ2n) is 6.16. The van der Waals surface area contributed by atoms with Crippen LogP contribution in [0.1, 0.15) is 42.9 Å². The lowest BCUT2D eigenvalue weighted by Crippen LogP contribution is -2.34. The van der Waals surface area contributed by atoms with Gasteiger partial charge in [-0.05, 0) is 5.92 Å². The first-order valence-corrected chi connectivity index (χ1v) is 7.59. The molecular weight excluding hydrogens is 309 g/mol. The molecule has 0 radical (unpaired) electrons. The van der Waals surface area contributed by atoms with Crippen molar-refractivity contribution in [1.29, 1.82) is 0 Å². The zero-order valence-corrected chi connectivity index (χ0v) is 13.0. The zero-order valence-electron chi connectivity index (χ0n) is 13.0. The number of halogens is 3. The van der Waals surface area contributed by atoms with Gasteiger partial charge in [0.2, 0.25) is 0 Å². The quantitative estimate of drug-likeness (QED) is 0.900. The number of nitrogens with one attached hydrogen (secondary N) is 2. The highest BCUT2D eigenvalue weighted by molar-refractivity contribution is 5.25. The molecule has 0 aliphatic carbocycles. The highest BCUT2D eigenvalue weighted by atomic mass is 19.4. The summed E-state index contributed by atoms with van der Waals surface area (Å²) in [6.45, 7) is 3.47. The Labute approximate surface area is 131 Å². The lowest BCUT2D eigenvalue weighted by molar-refractivity contribution is -0.143. The van der Waals surface area contributed by atoms with Crippen LogP contribution < -0.4 is 5.32 Å². The van der Waals surface area contributed by atoms with Crippen molar-refractivity contribution < 1.29 is 13.2 Å². The van der Waals surface area contributed by atoms with Gasteiger partial charge in [-0.3, -0.25) is 0 Å². The molecule has 1 aliphatic rings. The van der Waals surface area contributed by atoms with E-state index in [1.807, 2.05) is 13.8 Å². The Morgan fingerprint density at radius 1 is 1.39 bits per heavy atom. The Morgan fingerprint density at radius 3 is 2.87 bits per heavy atom. The fourth-order valence-corrected chi connectivity index (χ4v) is 2.79. The van der Waals surface area contributed by atoms with Crippen molar-refractivity contribution in [3.8, 4) is 0 Å². The summed E-state index contributed by atoms with van der Waals surface area (Å²) in [6.07, 6.45) is -1.49. The Kier molecular flexibility index (Phi) is 4.13. The van der Waals surface area contributed by atoms with Gasteiger partial charge in [0.25, 0.3) is 0 Å². The first kappa shape index (κ1) is 16.0. The minimum atomic E-state index is -4.35. The molecule has 2 aromatic rings. The molecule has 0 saturated carbocycles. The zero-order chi connectivity index (χ0) is 16.6. The minimum absolute atomic E-state index is 0.268. The summed E-state index contributed by atoms with van der Waals surface area (Å²) in [4.78, 5) is 11.6. The maximum atomic E-state index is 12.9. The van der Waals surface area contributed by atoms with E-state index in [0.29, 0.717) is 24.5 Å². The minimum Gasteiger partial charge on any atom is -0.348 e. The van der Waals surface area contributed by atoms with Gasteiger partial charge in [0.05, 0.1) is 12.0 Å². The fraction of sp³-hybridized carbons (Fsp3) is 0.643. The number of alkyl halides is 3. The van der Waals surface area contributed by atoms with E-state index < -0.39 is 18.8 Å². The predicted octanol–water partition coefficient (Wildman–Crippen LogP) is 2.00. The van der Waals surface area contributed by atoms with Crippen LogP contribution in [0.15, 0.2) is 6.33 Å². The highest BCUT2D eigenvalue weighted by Gasteiger charge is 2.34. The molecule has 0 aromatic carbocycles. The van der Waals surface area contributed by atoms with Gasteiger partial charge in [-0.15, -0.1) is 0 Å². The topological polar surface area (TPSA) is 71.4 Å². The van der Waals surface area contributed by atoms with Crippen LogP contribution in [-0.2, 0) is 19.4 Å². The Balaban J connectivity index is 1.99. The molecule has 6 nitrogen and oxygen atoms in total. The van der Waals surface area contributed by atoms with Gasteiger partial charge in [-0.25, -0.2) is 14.6 Å². The van der Waals surface area contributed by atoms with Crippen LogP contribution in [0, 0.1) is 5.92 Å². The molecular formula is C14H19F3N6. The van der Waals surface area contributed by atoms with Crippen LogP contribution >= 0.6 is 0 Å². The van der Waals surface area contributed by atoms with E-state index in [0.717, 1.165) is 16.8 Å². The van der Waals surface area contributed by atoms with E-state index in [4.69, 9.17) is 0 Å². The monoisotopic (exact) mass is 328 g/mol. The third-order valence-electron chi connectivity index (χ3n) is 3.67. The van der Waals surface area contributed by atoms with Crippen LogP contribution in [0.25, 0.3) is 0 Å². The van der Waals surface area contributed by atoms with E-state index in [-0.39, 0.29) is 11.7 Å². The third kappa shape index (κ3) is 3.54. The van der Waals surface area contributed by atoms with Crippen LogP contribution in [0.3, 0.4) is 0 Å². The molecule has 9 heteroatoms. The van der Waals surface area contributed by atoms with E-state index in [2.05, 4.69) is 25.4 Å². The number of rotatable bonds is 4. The molecule has 23 heavy (non-hydrogen) atoms. The molecule has 1 aliphatic heterocycles. The molecule has 1 unspecified atom stereocenters. The molecule has 2 N–H and O–H groups in total. The largest absolute Gasteiger partial charge is 0.408 e. The van der Waals surface area contributed by atoms with E-state index in [1.165, 1.54) is 0 Å². The van der Waals surface area contributed by atoms with Crippen molar-refractivity contribution in [2.45, 2.75) is 45.5 Å². The van der Waals surface area contributed by atoms with Gasteiger partial charge in [-0.2, -0.15) is 18.3 Å². The summed E-state index contributed by atoms with van der Waals surface area (Å²) in [5.74, 6) is 0.972. The summed E-state index contributed by atoms with van der Waals surface area (Å²) < 4.78 is 39.6. The number of aromatic nitrogens is 5. The van der Waals surface area contributed by atoms with Crippen molar-refractivity contribution in [1.82, 2.24) is 30.0 Å². The van der Waals surface area contributed by atoms with Gasteiger partial charge in [0.15, 0.2) is 11.6 Å². The summed E-state index contributed by atoms with van der Waals surface area (Å²) in [5.41, 5.74) is 1.63. The molecule has 3 rings (SSSR count). The van der Waals surface area contributed by atoms with Crippen molar-refractivity contribution in [3.63, 3.8) is 0 Å². The molecule has 1 atom stereocenters. The van der Waals surface area contributed by atoms with Gasteiger partial charge in [0.1, 0.15) is 12.6 Å². The smallest absolute Gasteiger partial charge is 0.348 e. The molecule has 126 valence electrons. The molecule has 2 aromatic heterocycles. The number of hydrogen-bond acceptors (Lipinski definition) is 4. The number of H-pyrrole nitrogens is 1. The normalized spacial score (nSPS) is 18.4. The van der Waals surface area contributed by atoms with E-state index in [9.17, 15) is 13.2 Å². The van der Waals surface area contributed by atoms with Crippen LogP contribution in [-0.4, -0.2) is 37.5 Å². The highest BCUT2D eigenvalue weighted by Crippen LogP contribution is 2.27. The average Bonchev–Trinajstić information content (AvgIpc) is 3.02. The Bertz CT molecular complexity index is 672. The average molecular weight is 328 g/mol. The van der Waals surface area contributed by atoms with Gasteiger partial charge >= 0.3 is 6.18 Å². The number of fused-ring (bicyclic) bond motifs is 1. The predicted molar refractivity (Wildman–Crippen MR) is 76.8 cm³/mol. The van der Waals surface area contributed by atoms with Crippen molar-refractivity contribution in [2.24, 2.45) is 5.92 Å². The molecule has 0 spiro atoms.